The van der Waals surface area contributed by atoms with Crippen molar-refractivity contribution in [1.82, 2.24) is 4.58 Å². The van der Waals surface area contributed by atoms with Gasteiger partial charge in [0.25, 0.3) is 0 Å². The maximum Gasteiger partial charge on any atom is 0.203 e. The first-order valence-corrected chi connectivity index (χ1v) is 9.72. The summed E-state index contributed by atoms with van der Waals surface area (Å²) < 4.78 is 8.75. The average molecular weight is 381 g/mol. The first kappa shape index (κ1) is 18.3. The Morgan fingerprint density at radius 1 is 0.929 bits per heavy atom. The van der Waals surface area contributed by atoms with Crippen molar-refractivity contribution >= 4 is 16.7 Å². The second-order valence-corrected chi connectivity index (χ2v) is 7.30. The highest BCUT2D eigenvalue weighted by Gasteiger charge is 2.17. The van der Waals surface area contributed by atoms with E-state index < -0.39 is 5.09 Å². The number of nitrogens with zero attached hydrogens (tertiary/aromatic N) is 3. The van der Waals surface area contributed by atoms with E-state index in [-0.39, 0.29) is 0 Å². The molecule has 7 heteroatoms. The Morgan fingerprint density at radius 2 is 1.64 bits per heavy atom. The molecule has 146 valence electrons. The molecule has 2 saturated heterocycles. The Kier molecular flexibility index (Phi) is 5.14. The minimum absolute atomic E-state index is 0.991. The Labute approximate surface area is 162 Å². The maximum atomic E-state index is 8.25. The van der Waals surface area contributed by atoms with E-state index in [2.05, 4.69) is 51.9 Å². The summed E-state index contributed by atoms with van der Waals surface area (Å²) in [5.41, 5.74) is 3.46. The van der Waals surface area contributed by atoms with Crippen molar-refractivity contribution in [2.24, 2.45) is 0 Å². The molecule has 4 aliphatic rings. The van der Waals surface area contributed by atoms with Crippen molar-refractivity contribution in [2.75, 3.05) is 31.1 Å². The number of hydrogen-bond donors (Lipinski definition) is 0. The number of fused-ring (bicyclic) bond motifs is 2. The fourth-order valence-electron chi connectivity index (χ4n) is 4.09. The molecular weight excluding hydrogens is 358 g/mol. The van der Waals surface area contributed by atoms with Gasteiger partial charge < -0.3 is 24.6 Å². The fraction of sp³-hybridized carbons (Fsp3) is 0.381. The standard InChI is InChI=1S/C21H23N2O.NO3/c1-2-10-22(9-1)18-7-5-16-13-17-6-8-19(23-11-3-4-12-23)15-21(17)24-20(16)14-18;2-1(3)4/h5-8,13-15H,1-4,9-12H2;/q+1;-1. The smallest absolute Gasteiger partial charge is 0.203 e. The molecule has 0 N–H and O–H groups in total. The van der Waals surface area contributed by atoms with Crippen LogP contribution in [0.4, 0.5) is 5.69 Å². The van der Waals surface area contributed by atoms with E-state index in [0.29, 0.717) is 0 Å². The van der Waals surface area contributed by atoms with Gasteiger partial charge in [0.05, 0.1) is 11.2 Å². The van der Waals surface area contributed by atoms with Crippen LogP contribution < -0.4 is 14.8 Å². The summed E-state index contributed by atoms with van der Waals surface area (Å²) in [7, 11) is 0. The van der Waals surface area contributed by atoms with Crippen LogP contribution in [0.15, 0.2) is 46.9 Å². The predicted octanol–water partition coefficient (Wildman–Crippen LogP) is 3.46. The Bertz CT molecular complexity index is 1030. The molecule has 0 amide bonds. The van der Waals surface area contributed by atoms with Crippen molar-refractivity contribution in [3.63, 3.8) is 0 Å². The van der Waals surface area contributed by atoms with Crippen molar-refractivity contribution in [2.45, 2.75) is 25.7 Å². The van der Waals surface area contributed by atoms with E-state index in [4.69, 9.17) is 19.7 Å². The van der Waals surface area contributed by atoms with E-state index in [1.807, 2.05) is 0 Å². The van der Waals surface area contributed by atoms with Crippen LogP contribution in [0.2, 0.25) is 0 Å². The number of rotatable bonds is 1. The Balaban J connectivity index is 0.000000442. The Morgan fingerprint density at radius 3 is 2.36 bits per heavy atom. The molecule has 0 radical (unpaired) electrons. The van der Waals surface area contributed by atoms with E-state index in [1.165, 1.54) is 47.7 Å². The van der Waals surface area contributed by atoms with E-state index >= 15 is 0 Å². The van der Waals surface area contributed by atoms with E-state index in [9.17, 15) is 0 Å². The molecule has 2 fully saturated rings. The lowest BCUT2D eigenvalue weighted by Crippen LogP contribution is -2.26. The van der Waals surface area contributed by atoms with Crippen LogP contribution in [0.3, 0.4) is 0 Å². The summed E-state index contributed by atoms with van der Waals surface area (Å²) in [5.74, 6) is 0.991. The highest BCUT2D eigenvalue weighted by atomic mass is 16.9. The molecule has 0 saturated carbocycles. The molecule has 28 heavy (non-hydrogen) atoms. The van der Waals surface area contributed by atoms with Gasteiger partial charge in [-0.25, -0.2) is 4.58 Å². The molecule has 1 aliphatic carbocycles. The lowest BCUT2D eigenvalue weighted by atomic mass is 10.1. The van der Waals surface area contributed by atoms with Gasteiger partial charge in [-0.05, 0) is 37.1 Å². The maximum absolute atomic E-state index is 8.25. The van der Waals surface area contributed by atoms with Gasteiger partial charge in [0.1, 0.15) is 24.4 Å². The van der Waals surface area contributed by atoms with Crippen LogP contribution in [0.1, 0.15) is 25.7 Å². The molecule has 0 unspecified atom stereocenters. The normalized spacial score (nSPS) is 16.4. The minimum Gasteiger partial charge on any atom is -0.456 e. The zero-order chi connectivity index (χ0) is 19.5. The second kappa shape index (κ2) is 7.88. The average Bonchev–Trinajstić information content (AvgIpc) is 3.39. The third-order valence-corrected chi connectivity index (χ3v) is 5.47. The molecule has 3 aliphatic heterocycles. The molecule has 1 aromatic rings. The summed E-state index contributed by atoms with van der Waals surface area (Å²) in [6.45, 7) is 4.66. The van der Waals surface area contributed by atoms with Crippen LogP contribution in [0.25, 0.3) is 22.3 Å². The minimum atomic E-state index is -1.75. The quantitative estimate of drug-likeness (QED) is 0.279. The first-order chi connectivity index (χ1) is 13.6. The zero-order valence-electron chi connectivity index (χ0n) is 15.7. The highest BCUT2D eigenvalue weighted by molar-refractivity contribution is 5.85. The summed E-state index contributed by atoms with van der Waals surface area (Å²) in [5, 5.41) is 17.2. The van der Waals surface area contributed by atoms with Gasteiger partial charge in [-0.15, -0.1) is 0 Å². The summed E-state index contributed by atoms with van der Waals surface area (Å²) in [4.78, 5) is 10.7. The monoisotopic (exact) mass is 381 g/mol. The third kappa shape index (κ3) is 3.93. The van der Waals surface area contributed by atoms with Crippen LogP contribution in [-0.4, -0.2) is 31.3 Å². The van der Waals surface area contributed by atoms with Crippen molar-refractivity contribution in [3.05, 3.63) is 63.1 Å². The molecule has 3 heterocycles. The van der Waals surface area contributed by atoms with E-state index in [1.54, 1.807) is 0 Å². The van der Waals surface area contributed by atoms with Crippen molar-refractivity contribution < 1.29 is 9.50 Å². The zero-order valence-corrected chi connectivity index (χ0v) is 15.7. The number of benzene rings is 2. The van der Waals surface area contributed by atoms with Gasteiger partial charge in [-0.2, -0.15) is 0 Å². The lowest BCUT2D eigenvalue weighted by Gasteiger charge is -2.18. The van der Waals surface area contributed by atoms with Crippen LogP contribution >= 0.6 is 0 Å². The fourth-order valence-corrected chi connectivity index (χ4v) is 4.09. The van der Waals surface area contributed by atoms with Gasteiger partial charge in [-0.1, -0.05) is 0 Å². The summed E-state index contributed by atoms with van der Waals surface area (Å²) in [6.07, 6.45) is 5.19. The SMILES string of the molecule is O=[N+]([O-])[O-].c1cc(=[N+]2CCCC2)cc2oc3cc(N4CCCC4)ccc3cc1-2. The molecular formula is C21H23N3O4. The first-order valence-electron chi connectivity index (χ1n) is 9.72. The molecule has 0 bridgehead atoms. The molecule has 5 rings (SSSR count). The largest absolute Gasteiger partial charge is 0.456 e. The van der Waals surface area contributed by atoms with Gasteiger partial charge in [0.15, 0.2) is 0 Å². The summed E-state index contributed by atoms with van der Waals surface area (Å²) in [6, 6.07) is 15.5. The number of hydrogen-bond acceptors (Lipinski definition) is 5. The van der Waals surface area contributed by atoms with Gasteiger partial charge in [0.2, 0.25) is 5.36 Å². The predicted molar refractivity (Wildman–Crippen MR) is 109 cm³/mol. The van der Waals surface area contributed by atoms with Gasteiger partial charge >= 0.3 is 0 Å². The highest BCUT2D eigenvalue weighted by Crippen LogP contribution is 2.30. The third-order valence-electron chi connectivity index (χ3n) is 5.47. The van der Waals surface area contributed by atoms with E-state index in [0.717, 1.165) is 37.5 Å². The van der Waals surface area contributed by atoms with Gasteiger partial charge in [-0.3, -0.25) is 0 Å². The lowest BCUT2D eigenvalue weighted by molar-refractivity contribution is -0.402. The molecule has 0 aromatic heterocycles. The van der Waals surface area contributed by atoms with Crippen molar-refractivity contribution in [1.29, 1.82) is 0 Å². The van der Waals surface area contributed by atoms with Crippen LogP contribution in [0.5, 0.6) is 0 Å². The Hall–Kier alpha value is -3.09. The molecule has 0 atom stereocenters. The van der Waals surface area contributed by atoms with Crippen LogP contribution in [-0.2, 0) is 0 Å². The topological polar surface area (TPSA) is 85.6 Å². The molecule has 7 nitrogen and oxygen atoms in total. The summed E-state index contributed by atoms with van der Waals surface area (Å²) >= 11 is 0. The molecule has 1 aromatic carbocycles. The van der Waals surface area contributed by atoms with Gasteiger partial charge in [0, 0.05) is 54.7 Å². The molecule has 0 spiro atoms. The van der Waals surface area contributed by atoms with Crippen molar-refractivity contribution in [3.8, 4) is 11.3 Å². The second-order valence-electron chi connectivity index (χ2n) is 7.30. The number of anilines is 1. The van der Waals surface area contributed by atoms with Crippen LogP contribution in [0, 0.1) is 15.3 Å².